The minimum atomic E-state index is -4.28. The monoisotopic (exact) mass is 228 g/mol. The van der Waals surface area contributed by atoms with Crippen molar-refractivity contribution in [1.82, 2.24) is 0 Å². The van der Waals surface area contributed by atoms with Gasteiger partial charge in [0.25, 0.3) is 0 Å². The minimum absolute atomic E-state index is 0.508. The van der Waals surface area contributed by atoms with Crippen LogP contribution in [-0.2, 0) is 0 Å². The lowest BCUT2D eigenvalue weighted by Gasteiger charge is -2.25. The van der Waals surface area contributed by atoms with E-state index in [-0.39, 0.29) is 0 Å². The molecule has 1 aromatic carbocycles. The van der Waals surface area contributed by atoms with Crippen molar-refractivity contribution in [3.8, 4) is 0 Å². The zero-order chi connectivity index (χ0) is 12.4. The summed E-state index contributed by atoms with van der Waals surface area (Å²) in [4.78, 5) is 0. The van der Waals surface area contributed by atoms with Gasteiger partial charge in [0.05, 0.1) is 0 Å². The summed E-state index contributed by atoms with van der Waals surface area (Å²) >= 11 is 0. The highest BCUT2D eigenvalue weighted by Crippen LogP contribution is 2.39. The molecule has 0 saturated carbocycles. The van der Waals surface area contributed by atoms with Crippen LogP contribution in [0.5, 0.6) is 0 Å². The molecular formula is C13H15F3. The van der Waals surface area contributed by atoms with Gasteiger partial charge in [0, 0.05) is 5.57 Å². The summed E-state index contributed by atoms with van der Waals surface area (Å²) in [5.41, 5.74) is -0.843. The van der Waals surface area contributed by atoms with Crippen molar-refractivity contribution in [2.45, 2.75) is 26.9 Å². The maximum Gasteiger partial charge on any atom is 0.413 e. The van der Waals surface area contributed by atoms with Gasteiger partial charge in [0.1, 0.15) is 0 Å². The number of allylic oxidation sites excluding steroid dienone is 1. The Balaban J connectivity index is 3.19. The maximum absolute atomic E-state index is 12.8. The molecule has 1 aromatic rings. The molecule has 0 atom stereocenters. The summed E-state index contributed by atoms with van der Waals surface area (Å²) in [7, 11) is 0. The Labute approximate surface area is 93.8 Å². The molecule has 0 heterocycles. The highest BCUT2D eigenvalue weighted by molar-refractivity contribution is 5.55. The van der Waals surface area contributed by atoms with Gasteiger partial charge in [-0.25, -0.2) is 0 Å². The first-order valence-electron chi connectivity index (χ1n) is 5.05. The fourth-order valence-corrected chi connectivity index (χ4v) is 1.44. The molecule has 88 valence electrons. The minimum Gasteiger partial charge on any atom is -0.166 e. The van der Waals surface area contributed by atoms with E-state index >= 15 is 0 Å². The van der Waals surface area contributed by atoms with Gasteiger partial charge in [0.2, 0.25) is 0 Å². The molecule has 0 amide bonds. The summed E-state index contributed by atoms with van der Waals surface area (Å²) in [5.74, 6) is 0. The van der Waals surface area contributed by atoms with Crippen LogP contribution < -0.4 is 0 Å². The molecule has 16 heavy (non-hydrogen) atoms. The first-order valence-corrected chi connectivity index (χ1v) is 5.05. The van der Waals surface area contributed by atoms with E-state index in [0.29, 0.717) is 5.56 Å². The van der Waals surface area contributed by atoms with Crippen LogP contribution >= 0.6 is 0 Å². The van der Waals surface area contributed by atoms with Crippen molar-refractivity contribution >= 4 is 6.08 Å². The van der Waals surface area contributed by atoms with Crippen LogP contribution in [0, 0.1) is 5.41 Å². The van der Waals surface area contributed by atoms with Crippen LogP contribution in [0.1, 0.15) is 26.3 Å². The van der Waals surface area contributed by atoms with Crippen molar-refractivity contribution in [1.29, 1.82) is 0 Å². The number of benzene rings is 1. The number of alkyl halides is 3. The Morgan fingerprint density at radius 1 is 1.00 bits per heavy atom. The van der Waals surface area contributed by atoms with Gasteiger partial charge in [-0.3, -0.25) is 0 Å². The second-order valence-electron chi connectivity index (χ2n) is 4.72. The van der Waals surface area contributed by atoms with E-state index in [9.17, 15) is 13.2 Å². The predicted molar refractivity (Wildman–Crippen MR) is 59.9 cm³/mol. The molecule has 0 radical (unpaired) electrons. The van der Waals surface area contributed by atoms with Crippen molar-refractivity contribution in [3.05, 3.63) is 41.5 Å². The quantitative estimate of drug-likeness (QED) is 0.654. The Bertz CT molecular complexity index is 350. The molecule has 0 bridgehead atoms. The Morgan fingerprint density at radius 3 is 1.88 bits per heavy atom. The maximum atomic E-state index is 12.8. The third-order valence-electron chi connectivity index (χ3n) is 2.22. The third-order valence-corrected chi connectivity index (χ3v) is 2.22. The second kappa shape index (κ2) is 4.32. The number of hydrogen-bond donors (Lipinski definition) is 0. The van der Waals surface area contributed by atoms with Gasteiger partial charge in [-0.15, -0.1) is 0 Å². The molecule has 0 N–H and O–H groups in total. The predicted octanol–water partition coefficient (Wildman–Crippen LogP) is 4.68. The fraction of sp³-hybridized carbons (Fsp3) is 0.385. The summed E-state index contributed by atoms with van der Waals surface area (Å²) in [6.07, 6.45) is -3.08. The first-order chi connectivity index (χ1) is 7.21. The lowest BCUT2D eigenvalue weighted by molar-refractivity contribution is -0.102. The van der Waals surface area contributed by atoms with Crippen LogP contribution in [0.3, 0.4) is 0 Å². The van der Waals surface area contributed by atoms with Gasteiger partial charge in [0.15, 0.2) is 0 Å². The third kappa shape index (κ3) is 3.40. The summed E-state index contributed by atoms with van der Waals surface area (Å²) < 4.78 is 38.5. The smallest absolute Gasteiger partial charge is 0.166 e. The lowest BCUT2D eigenvalue weighted by Crippen LogP contribution is -2.24. The van der Waals surface area contributed by atoms with Crippen molar-refractivity contribution in [2.24, 2.45) is 5.41 Å². The lowest BCUT2D eigenvalue weighted by atomic mass is 9.85. The Morgan fingerprint density at radius 2 is 1.50 bits per heavy atom. The van der Waals surface area contributed by atoms with E-state index in [1.807, 2.05) is 0 Å². The molecular weight excluding hydrogens is 213 g/mol. The largest absolute Gasteiger partial charge is 0.413 e. The highest BCUT2D eigenvalue weighted by atomic mass is 19.4. The zero-order valence-corrected chi connectivity index (χ0v) is 9.60. The molecule has 1 rings (SSSR count). The van der Waals surface area contributed by atoms with Crippen molar-refractivity contribution < 1.29 is 13.2 Å². The average molecular weight is 228 g/mol. The van der Waals surface area contributed by atoms with E-state index in [1.165, 1.54) is 6.08 Å². The standard InChI is InChI=1S/C13H15F3/c1-12(2,3)11(13(14,15)16)9-10-7-5-4-6-8-10/h4-9H,1-3H3. The molecule has 0 aliphatic heterocycles. The average Bonchev–Trinajstić information content (AvgIpc) is 2.12. The molecule has 0 unspecified atom stereocenters. The van der Waals surface area contributed by atoms with Gasteiger partial charge in [-0.1, -0.05) is 51.1 Å². The molecule has 0 fully saturated rings. The fourth-order valence-electron chi connectivity index (χ4n) is 1.44. The van der Waals surface area contributed by atoms with Crippen molar-refractivity contribution in [2.75, 3.05) is 0 Å². The molecule has 0 spiro atoms. The Kier molecular flexibility index (Phi) is 3.46. The van der Waals surface area contributed by atoms with Crippen molar-refractivity contribution in [3.63, 3.8) is 0 Å². The number of hydrogen-bond acceptors (Lipinski definition) is 0. The van der Waals surface area contributed by atoms with Gasteiger partial charge in [-0.05, 0) is 17.1 Å². The topological polar surface area (TPSA) is 0 Å². The van der Waals surface area contributed by atoms with E-state index in [0.717, 1.165) is 0 Å². The van der Waals surface area contributed by atoms with Crippen LogP contribution in [0.15, 0.2) is 35.9 Å². The normalized spacial score (nSPS) is 14.0. The second-order valence-corrected chi connectivity index (χ2v) is 4.72. The molecule has 0 aliphatic rings. The van der Waals surface area contributed by atoms with E-state index < -0.39 is 17.2 Å². The van der Waals surface area contributed by atoms with E-state index in [4.69, 9.17) is 0 Å². The summed E-state index contributed by atoms with van der Waals surface area (Å²) in [5, 5.41) is 0. The number of rotatable bonds is 1. The molecule has 0 aliphatic carbocycles. The zero-order valence-electron chi connectivity index (χ0n) is 9.60. The van der Waals surface area contributed by atoms with Crippen LogP contribution in [0.2, 0.25) is 0 Å². The summed E-state index contributed by atoms with van der Waals surface area (Å²) in [6, 6.07) is 8.56. The molecule has 0 nitrogen and oxygen atoms in total. The van der Waals surface area contributed by atoms with E-state index in [1.54, 1.807) is 51.1 Å². The van der Waals surface area contributed by atoms with Crippen LogP contribution in [0.25, 0.3) is 6.08 Å². The van der Waals surface area contributed by atoms with Crippen LogP contribution in [-0.4, -0.2) is 6.18 Å². The Hall–Kier alpha value is -1.25. The first kappa shape index (κ1) is 12.8. The molecule has 0 aromatic heterocycles. The molecule has 3 heteroatoms. The van der Waals surface area contributed by atoms with Crippen LogP contribution in [0.4, 0.5) is 13.2 Å². The number of halogens is 3. The van der Waals surface area contributed by atoms with Gasteiger partial charge in [-0.2, -0.15) is 13.2 Å². The summed E-state index contributed by atoms with van der Waals surface area (Å²) in [6.45, 7) is 4.69. The molecule has 0 saturated heterocycles. The highest BCUT2D eigenvalue weighted by Gasteiger charge is 2.40. The van der Waals surface area contributed by atoms with E-state index in [2.05, 4.69) is 0 Å². The SMILES string of the molecule is CC(C)(C)C(=Cc1ccccc1)C(F)(F)F. The van der Waals surface area contributed by atoms with Gasteiger partial charge < -0.3 is 0 Å². The van der Waals surface area contributed by atoms with Gasteiger partial charge >= 0.3 is 6.18 Å².